The largest absolute Gasteiger partial charge is 0.481 e. The molecule has 0 fully saturated rings. The Bertz CT molecular complexity index is 660. The van der Waals surface area contributed by atoms with Crippen molar-refractivity contribution in [3.8, 4) is 5.75 Å². The first-order valence-electron chi connectivity index (χ1n) is 6.38. The fourth-order valence-corrected chi connectivity index (χ4v) is 1.75. The van der Waals surface area contributed by atoms with Crippen molar-refractivity contribution < 1.29 is 19.4 Å². The zero-order valence-electron chi connectivity index (χ0n) is 11.2. The highest BCUT2D eigenvalue weighted by Crippen LogP contribution is 2.19. The maximum absolute atomic E-state index is 12.0. The molecule has 21 heavy (non-hydrogen) atoms. The van der Waals surface area contributed by atoms with Crippen molar-refractivity contribution in [2.45, 2.75) is 0 Å². The van der Waals surface area contributed by atoms with Gasteiger partial charge in [-0.05, 0) is 18.2 Å². The highest BCUT2D eigenvalue weighted by Gasteiger charge is 2.04. The highest BCUT2D eigenvalue weighted by molar-refractivity contribution is 6.06. The van der Waals surface area contributed by atoms with Crippen LogP contribution in [0.25, 0.3) is 6.08 Å². The average Bonchev–Trinajstić information content (AvgIpc) is 2.52. The summed E-state index contributed by atoms with van der Waals surface area (Å²) in [5.74, 6) is -0.741. The number of carbonyl (C=O) groups excluding carboxylic acids is 1. The molecule has 2 aromatic rings. The van der Waals surface area contributed by atoms with E-state index in [1.807, 2.05) is 6.07 Å². The van der Waals surface area contributed by atoms with Crippen molar-refractivity contribution in [2.75, 3.05) is 6.61 Å². The first-order valence-corrected chi connectivity index (χ1v) is 6.38. The molecular formula is C17H14O4. The average molecular weight is 282 g/mol. The Morgan fingerprint density at radius 1 is 1.00 bits per heavy atom. The van der Waals surface area contributed by atoms with Gasteiger partial charge in [0.25, 0.3) is 0 Å². The van der Waals surface area contributed by atoms with Crippen LogP contribution in [0, 0.1) is 0 Å². The number of benzene rings is 2. The SMILES string of the molecule is O=C(O)COc1ccccc1C=CC(=O)c1ccccc1. The van der Waals surface area contributed by atoms with Gasteiger partial charge in [-0.1, -0.05) is 48.5 Å². The van der Waals surface area contributed by atoms with E-state index in [-0.39, 0.29) is 5.78 Å². The summed E-state index contributed by atoms with van der Waals surface area (Å²) < 4.78 is 5.17. The Morgan fingerprint density at radius 2 is 1.67 bits per heavy atom. The van der Waals surface area contributed by atoms with Gasteiger partial charge < -0.3 is 9.84 Å². The normalized spacial score (nSPS) is 10.5. The molecule has 0 saturated carbocycles. The summed E-state index contributed by atoms with van der Waals surface area (Å²) in [5.41, 5.74) is 1.25. The number of aliphatic carboxylic acids is 1. The molecule has 0 aliphatic heterocycles. The van der Waals surface area contributed by atoms with Crippen LogP contribution >= 0.6 is 0 Å². The van der Waals surface area contributed by atoms with E-state index in [4.69, 9.17) is 9.84 Å². The van der Waals surface area contributed by atoms with Gasteiger partial charge in [-0.2, -0.15) is 0 Å². The van der Waals surface area contributed by atoms with E-state index in [9.17, 15) is 9.59 Å². The molecule has 0 bridgehead atoms. The molecule has 106 valence electrons. The number of hydrogen-bond acceptors (Lipinski definition) is 3. The standard InChI is InChI=1S/C17H14O4/c18-15(13-6-2-1-3-7-13)11-10-14-8-4-5-9-16(14)21-12-17(19)20/h1-11H,12H2,(H,19,20). The Balaban J connectivity index is 2.13. The second kappa shape index (κ2) is 7.05. The third-order valence-electron chi connectivity index (χ3n) is 2.74. The van der Waals surface area contributed by atoms with E-state index >= 15 is 0 Å². The topological polar surface area (TPSA) is 63.6 Å². The fraction of sp³-hybridized carbons (Fsp3) is 0.0588. The third kappa shape index (κ3) is 4.31. The molecule has 0 spiro atoms. The zero-order chi connectivity index (χ0) is 15.1. The summed E-state index contributed by atoms with van der Waals surface area (Å²) in [6, 6.07) is 15.9. The lowest BCUT2D eigenvalue weighted by Gasteiger charge is -2.06. The molecule has 0 radical (unpaired) electrons. The maximum Gasteiger partial charge on any atom is 0.341 e. The number of carboxylic acid groups (broad SMARTS) is 1. The van der Waals surface area contributed by atoms with Crippen LogP contribution in [-0.2, 0) is 4.79 Å². The van der Waals surface area contributed by atoms with Gasteiger partial charge >= 0.3 is 5.97 Å². The van der Waals surface area contributed by atoms with Gasteiger partial charge in [0, 0.05) is 11.1 Å². The lowest BCUT2D eigenvalue weighted by Crippen LogP contribution is -2.09. The van der Waals surface area contributed by atoms with Crippen LogP contribution in [-0.4, -0.2) is 23.5 Å². The molecular weight excluding hydrogens is 268 g/mol. The second-order valence-electron chi connectivity index (χ2n) is 4.28. The lowest BCUT2D eigenvalue weighted by atomic mass is 10.1. The summed E-state index contributed by atoms with van der Waals surface area (Å²) >= 11 is 0. The first kappa shape index (κ1) is 14.5. The van der Waals surface area contributed by atoms with Gasteiger partial charge in [-0.25, -0.2) is 4.79 Å². The van der Waals surface area contributed by atoms with E-state index in [0.717, 1.165) is 0 Å². The zero-order valence-corrected chi connectivity index (χ0v) is 11.2. The molecule has 2 rings (SSSR count). The Morgan fingerprint density at radius 3 is 2.38 bits per heavy atom. The third-order valence-corrected chi connectivity index (χ3v) is 2.74. The van der Waals surface area contributed by atoms with E-state index in [2.05, 4.69) is 0 Å². The fourth-order valence-electron chi connectivity index (χ4n) is 1.75. The predicted octanol–water partition coefficient (Wildman–Crippen LogP) is 3.05. The van der Waals surface area contributed by atoms with E-state index in [0.29, 0.717) is 16.9 Å². The van der Waals surface area contributed by atoms with Gasteiger partial charge in [-0.15, -0.1) is 0 Å². The number of carbonyl (C=O) groups is 2. The number of ketones is 1. The quantitative estimate of drug-likeness (QED) is 0.653. The molecule has 0 amide bonds. The smallest absolute Gasteiger partial charge is 0.341 e. The first-order chi connectivity index (χ1) is 10.2. The van der Waals surface area contributed by atoms with Gasteiger partial charge in [-0.3, -0.25) is 4.79 Å². The minimum atomic E-state index is -1.05. The monoisotopic (exact) mass is 282 g/mol. The van der Waals surface area contributed by atoms with Crippen LogP contribution in [0.15, 0.2) is 60.7 Å². The van der Waals surface area contributed by atoms with Gasteiger partial charge in [0.15, 0.2) is 12.4 Å². The molecule has 1 N–H and O–H groups in total. The maximum atomic E-state index is 12.0. The molecule has 0 aromatic heterocycles. The van der Waals surface area contributed by atoms with E-state index in [1.54, 1.807) is 54.6 Å². The van der Waals surface area contributed by atoms with Crippen LogP contribution < -0.4 is 4.74 Å². The second-order valence-corrected chi connectivity index (χ2v) is 4.28. The minimum absolute atomic E-state index is 0.122. The summed E-state index contributed by atoms with van der Waals surface area (Å²) in [7, 11) is 0. The van der Waals surface area contributed by atoms with Crippen molar-refractivity contribution in [1.29, 1.82) is 0 Å². The molecule has 2 aromatic carbocycles. The Labute approximate surface area is 122 Å². The van der Waals surface area contributed by atoms with Crippen molar-refractivity contribution >= 4 is 17.8 Å². The number of rotatable bonds is 6. The predicted molar refractivity (Wildman–Crippen MR) is 79.4 cm³/mol. The number of allylic oxidation sites excluding steroid dienone is 1. The molecule has 4 nitrogen and oxygen atoms in total. The highest BCUT2D eigenvalue weighted by atomic mass is 16.5. The molecule has 0 saturated heterocycles. The molecule has 4 heteroatoms. The number of carboxylic acids is 1. The van der Waals surface area contributed by atoms with Gasteiger partial charge in [0.2, 0.25) is 0 Å². The number of hydrogen-bond donors (Lipinski definition) is 1. The summed E-state index contributed by atoms with van der Waals surface area (Å²) in [5, 5.41) is 8.64. The summed E-state index contributed by atoms with van der Waals surface area (Å²) in [6.45, 7) is -0.419. The number of ether oxygens (including phenoxy) is 1. The van der Waals surface area contributed by atoms with Gasteiger partial charge in [0.1, 0.15) is 5.75 Å². The molecule has 0 heterocycles. The van der Waals surface area contributed by atoms with E-state index in [1.165, 1.54) is 6.08 Å². The van der Waals surface area contributed by atoms with Crippen molar-refractivity contribution in [2.24, 2.45) is 0 Å². The number of para-hydroxylation sites is 1. The summed E-state index contributed by atoms with van der Waals surface area (Å²) in [6.07, 6.45) is 3.06. The van der Waals surface area contributed by atoms with E-state index < -0.39 is 12.6 Å². The van der Waals surface area contributed by atoms with Crippen molar-refractivity contribution in [1.82, 2.24) is 0 Å². The van der Waals surface area contributed by atoms with Crippen molar-refractivity contribution in [3.63, 3.8) is 0 Å². The van der Waals surface area contributed by atoms with Crippen LogP contribution in [0.3, 0.4) is 0 Å². The molecule has 0 unspecified atom stereocenters. The van der Waals surface area contributed by atoms with Crippen LogP contribution in [0.4, 0.5) is 0 Å². The van der Waals surface area contributed by atoms with Gasteiger partial charge in [0.05, 0.1) is 0 Å². The molecule has 0 aliphatic carbocycles. The Kier molecular flexibility index (Phi) is 4.88. The Hall–Kier alpha value is -2.88. The van der Waals surface area contributed by atoms with Crippen LogP contribution in [0.2, 0.25) is 0 Å². The summed E-state index contributed by atoms with van der Waals surface area (Å²) in [4.78, 5) is 22.5. The van der Waals surface area contributed by atoms with Crippen LogP contribution in [0.5, 0.6) is 5.75 Å². The lowest BCUT2D eigenvalue weighted by molar-refractivity contribution is -0.139. The molecule has 0 aliphatic rings. The molecule has 0 atom stereocenters. The van der Waals surface area contributed by atoms with Crippen LogP contribution in [0.1, 0.15) is 15.9 Å². The minimum Gasteiger partial charge on any atom is -0.481 e. The van der Waals surface area contributed by atoms with Crippen molar-refractivity contribution in [3.05, 3.63) is 71.8 Å².